The minimum Gasteiger partial charge on any atom is -0.497 e. The third kappa shape index (κ3) is 5.78. The number of rotatable bonds is 6. The molecule has 1 aromatic heterocycles. The molecular weight excluding hydrogens is 546 g/mol. The highest BCUT2D eigenvalue weighted by atomic mass is 35.5. The number of aromatic nitrogens is 1. The molecule has 41 heavy (non-hydrogen) atoms. The molecule has 1 N–H and O–H groups in total. The van der Waals surface area contributed by atoms with Crippen LogP contribution in [0.2, 0.25) is 0 Å². The van der Waals surface area contributed by atoms with E-state index in [0.717, 1.165) is 33.8 Å². The van der Waals surface area contributed by atoms with E-state index in [4.69, 9.17) is 30.5 Å². The summed E-state index contributed by atoms with van der Waals surface area (Å²) in [4.78, 5) is 33.1. The lowest BCUT2D eigenvalue weighted by molar-refractivity contribution is -0.137. The van der Waals surface area contributed by atoms with Gasteiger partial charge in [-0.05, 0) is 60.4 Å². The first-order chi connectivity index (χ1) is 20.0. The Morgan fingerprint density at radius 1 is 1.00 bits per heavy atom. The average Bonchev–Trinajstić information content (AvgIpc) is 3.38. The third-order valence-electron chi connectivity index (χ3n) is 7.71. The number of alkyl halides is 1. The molecule has 0 radical (unpaired) electrons. The molecular formula is C31H32ClN3O6. The number of nitrogens with zero attached hydrogens (tertiary/aromatic N) is 2. The van der Waals surface area contributed by atoms with Crippen LogP contribution in [0.25, 0.3) is 12.2 Å². The van der Waals surface area contributed by atoms with E-state index in [1.54, 1.807) is 41.2 Å². The van der Waals surface area contributed by atoms with Gasteiger partial charge in [0.05, 0.1) is 25.7 Å². The Morgan fingerprint density at radius 3 is 2.44 bits per heavy atom. The van der Waals surface area contributed by atoms with Crippen molar-refractivity contribution in [1.82, 2.24) is 14.8 Å². The number of hydrogen-bond donors (Lipinski definition) is 1. The van der Waals surface area contributed by atoms with Crippen LogP contribution in [0.1, 0.15) is 29.3 Å². The maximum atomic E-state index is 13.6. The van der Waals surface area contributed by atoms with Crippen molar-refractivity contribution in [2.75, 3.05) is 46.6 Å². The first kappa shape index (κ1) is 27.2. The zero-order chi connectivity index (χ0) is 28.3. The van der Waals surface area contributed by atoms with Crippen molar-refractivity contribution < 1.29 is 28.5 Å². The number of ether oxygens (including phenoxy) is 4. The van der Waals surface area contributed by atoms with Crippen LogP contribution in [0, 0.1) is 0 Å². The number of aromatic amines is 1. The molecule has 2 unspecified atom stereocenters. The smallest absolute Gasteiger partial charge is 0.416 e. The van der Waals surface area contributed by atoms with Crippen molar-refractivity contribution in [3.8, 4) is 17.2 Å². The number of fused-ring (bicyclic) bond motifs is 3. The molecule has 3 aromatic rings. The molecule has 0 spiro atoms. The topological polar surface area (TPSA) is 93.3 Å². The molecule has 3 heterocycles. The minimum absolute atomic E-state index is 0.0398. The zero-order valence-corrected chi connectivity index (χ0v) is 23.6. The van der Waals surface area contributed by atoms with Crippen molar-refractivity contribution >= 4 is 35.8 Å². The molecule has 214 valence electrons. The van der Waals surface area contributed by atoms with E-state index in [0.29, 0.717) is 56.5 Å². The number of methoxy groups -OCH3 is 1. The van der Waals surface area contributed by atoms with Gasteiger partial charge >= 0.3 is 6.09 Å². The molecule has 6 rings (SSSR count). The number of amides is 2. The SMILES string of the molecule is COc1ccc(OC(=O)N2CCc3c([nH]c4c3=CC(Cl)CC=4)C2c2ccc(OCC(=O)N3CCOCC3)cc2)cc1. The Balaban J connectivity index is 1.26. The van der Waals surface area contributed by atoms with E-state index in [-0.39, 0.29) is 17.9 Å². The summed E-state index contributed by atoms with van der Waals surface area (Å²) in [6.07, 6.45) is 5.19. The van der Waals surface area contributed by atoms with Gasteiger partial charge in [-0.25, -0.2) is 4.79 Å². The maximum Gasteiger partial charge on any atom is 0.416 e. The van der Waals surface area contributed by atoms with Crippen LogP contribution in [0.4, 0.5) is 4.79 Å². The molecule has 2 amide bonds. The first-order valence-electron chi connectivity index (χ1n) is 13.8. The standard InChI is InChI=1S/C31H32ClN3O6/c1-38-22-7-9-24(10-8-22)41-31(37)35-13-12-25-26-18-21(32)4-11-27(26)33-29(25)30(35)20-2-5-23(6-3-20)40-19-28(36)34-14-16-39-17-15-34/h2-3,5-11,18,21,30,33H,4,12-17,19H2,1H3. The normalized spacial score (nSPS) is 19.8. The molecule has 1 fully saturated rings. The van der Waals surface area contributed by atoms with Gasteiger partial charge in [0.2, 0.25) is 0 Å². The zero-order valence-electron chi connectivity index (χ0n) is 22.8. The lowest BCUT2D eigenvalue weighted by atomic mass is 9.92. The second-order valence-electron chi connectivity index (χ2n) is 10.2. The van der Waals surface area contributed by atoms with E-state index in [2.05, 4.69) is 17.1 Å². The lowest BCUT2D eigenvalue weighted by Gasteiger charge is -2.35. The molecule has 0 saturated carbocycles. The summed E-state index contributed by atoms with van der Waals surface area (Å²) in [5, 5.41) is 2.08. The second-order valence-corrected chi connectivity index (χ2v) is 10.8. The van der Waals surface area contributed by atoms with Gasteiger partial charge in [0.25, 0.3) is 5.91 Å². The van der Waals surface area contributed by atoms with Crippen LogP contribution < -0.4 is 24.8 Å². The fraction of sp³-hybridized carbons (Fsp3) is 0.355. The minimum atomic E-state index is -0.446. The number of hydrogen-bond acceptors (Lipinski definition) is 6. The van der Waals surface area contributed by atoms with Gasteiger partial charge < -0.3 is 28.8 Å². The van der Waals surface area contributed by atoms with Crippen molar-refractivity contribution in [2.24, 2.45) is 0 Å². The van der Waals surface area contributed by atoms with Gasteiger partial charge in [-0.3, -0.25) is 9.69 Å². The van der Waals surface area contributed by atoms with E-state index >= 15 is 0 Å². The van der Waals surface area contributed by atoms with Crippen molar-refractivity contribution in [3.05, 3.63) is 75.9 Å². The third-order valence-corrected chi connectivity index (χ3v) is 8.02. The molecule has 2 aliphatic heterocycles. The quantitative estimate of drug-likeness (QED) is 0.453. The predicted molar refractivity (Wildman–Crippen MR) is 154 cm³/mol. The Hall–Kier alpha value is -3.95. The van der Waals surface area contributed by atoms with E-state index in [1.165, 1.54) is 0 Å². The van der Waals surface area contributed by atoms with Crippen LogP contribution in [0.5, 0.6) is 17.2 Å². The molecule has 1 saturated heterocycles. The Morgan fingerprint density at radius 2 is 1.71 bits per heavy atom. The highest BCUT2D eigenvalue weighted by molar-refractivity contribution is 6.24. The molecule has 10 heteroatoms. The molecule has 3 aliphatic rings. The Kier molecular flexibility index (Phi) is 7.89. The summed E-state index contributed by atoms with van der Waals surface area (Å²) in [6, 6.07) is 14.0. The largest absolute Gasteiger partial charge is 0.497 e. The van der Waals surface area contributed by atoms with Gasteiger partial charge in [0, 0.05) is 35.9 Å². The highest BCUT2D eigenvalue weighted by Crippen LogP contribution is 2.34. The highest BCUT2D eigenvalue weighted by Gasteiger charge is 2.35. The first-order valence-corrected chi connectivity index (χ1v) is 14.2. The van der Waals surface area contributed by atoms with Crippen LogP contribution in [-0.2, 0) is 16.0 Å². The van der Waals surface area contributed by atoms with Gasteiger partial charge in [-0.15, -0.1) is 11.6 Å². The van der Waals surface area contributed by atoms with E-state index in [1.807, 2.05) is 24.3 Å². The van der Waals surface area contributed by atoms with Gasteiger partial charge in [-0.1, -0.05) is 24.3 Å². The summed E-state index contributed by atoms with van der Waals surface area (Å²) in [5.74, 6) is 1.63. The van der Waals surface area contributed by atoms with Crippen molar-refractivity contribution in [1.29, 1.82) is 0 Å². The van der Waals surface area contributed by atoms with E-state index < -0.39 is 12.1 Å². The molecule has 2 aromatic carbocycles. The number of nitrogens with one attached hydrogen (secondary N) is 1. The average molecular weight is 578 g/mol. The molecule has 9 nitrogen and oxygen atoms in total. The fourth-order valence-electron chi connectivity index (χ4n) is 5.59. The number of halogens is 1. The Bertz CT molecular complexity index is 1530. The Labute approximate surface area is 242 Å². The predicted octanol–water partition coefficient (Wildman–Crippen LogP) is 2.98. The summed E-state index contributed by atoms with van der Waals surface area (Å²) in [6.45, 7) is 2.68. The van der Waals surface area contributed by atoms with Crippen molar-refractivity contribution in [3.63, 3.8) is 0 Å². The number of H-pyrrole nitrogens is 1. The van der Waals surface area contributed by atoms with Crippen molar-refractivity contribution in [2.45, 2.75) is 24.3 Å². The fourth-order valence-corrected chi connectivity index (χ4v) is 5.80. The van der Waals surface area contributed by atoms with Gasteiger partial charge in [-0.2, -0.15) is 0 Å². The summed E-state index contributed by atoms with van der Waals surface area (Å²) in [5.41, 5.74) is 3.00. The molecule has 1 aliphatic carbocycles. The molecule has 2 atom stereocenters. The lowest BCUT2D eigenvalue weighted by Crippen LogP contribution is -2.43. The van der Waals surface area contributed by atoms with Gasteiger partial charge in [0.15, 0.2) is 6.61 Å². The van der Waals surface area contributed by atoms with Gasteiger partial charge in [0.1, 0.15) is 23.3 Å². The number of carbonyl (C=O) groups is 2. The summed E-state index contributed by atoms with van der Waals surface area (Å²) >= 11 is 6.47. The summed E-state index contributed by atoms with van der Waals surface area (Å²) < 4.78 is 22.1. The summed E-state index contributed by atoms with van der Waals surface area (Å²) in [7, 11) is 1.59. The number of benzene rings is 2. The second kappa shape index (κ2) is 11.9. The van der Waals surface area contributed by atoms with Crippen LogP contribution in [0.15, 0.2) is 48.5 Å². The maximum absolute atomic E-state index is 13.6. The number of carbonyl (C=O) groups excluding carboxylic acids is 2. The van der Waals surface area contributed by atoms with Crippen LogP contribution in [-0.4, -0.2) is 78.7 Å². The van der Waals surface area contributed by atoms with Crippen LogP contribution >= 0.6 is 11.6 Å². The molecule has 0 bridgehead atoms. The van der Waals surface area contributed by atoms with E-state index in [9.17, 15) is 9.59 Å². The van der Waals surface area contributed by atoms with Crippen LogP contribution in [0.3, 0.4) is 0 Å². The monoisotopic (exact) mass is 577 g/mol. The number of morpholine rings is 1.